The van der Waals surface area contributed by atoms with Gasteiger partial charge in [0.25, 0.3) is 0 Å². The molecule has 6 heteroatoms. The third-order valence-electron chi connectivity index (χ3n) is 5.67. The van der Waals surface area contributed by atoms with Crippen LogP contribution in [0.1, 0.15) is 30.0 Å². The van der Waals surface area contributed by atoms with Gasteiger partial charge in [-0.2, -0.15) is 0 Å². The lowest BCUT2D eigenvalue weighted by molar-refractivity contribution is 0.447. The molecular weight excluding hydrogens is 462 g/mol. The second-order valence-corrected chi connectivity index (χ2v) is 8.10. The summed E-state index contributed by atoms with van der Waals surface area (Å²) in [5, 5.41) is 0. The van der Waals surface area contributed by atoms with Crippen LogP contribution in [0.3, 0.4) is 0 Å². The summed E-state index contributed by atoms with van der Waals surface area (Å²) in [5.74, 6) is -8.16. The zero-order valence-electron chi connectivity index (χ0n) is 18.7. The predicted molar refractivity (Wildman–Crippen MR) is 127 cm³/mol. The Kier molecular flexibility index (Phi) is 7.10. The maximum atomic E-state index is 14.8. The van der Waals surface area contributed by atoms with Crippen molar-refractivity contribution in [1.82, 2.24) is 0 Å². The monoisotopic (exact) mass is 482 g/mol. The van der Waals surface area contributed by atoms with Crippen molar-refractivity contribution in [2.75, 3.05) is 0 Å². The Morgan fingerprint density at radius 2 is 1.09 bits per heavy atom. The molecule has 0 bridgehead atoms. The Labute approximate surface area is 199 Å². The summed E-state index contributed by atoms with van der Waals surface area (Å²) >= 11 is 0. The molecule has 0 aromatic heterocycles. The number of hydrogen-bond acceptors (Lipinski definition) is 0. The number of aryl methyl sites for hydroxylation is 1. The topological polar surface area (TPSA) is 0 Å². The van der Waals surface area contributed by atoms with Gasteiger partial charge in [0.1, 0.15) is 5.82 Å². The SMILES string of the molecule is CCCc1ccc(-c2ccc(C(F)=C(F)c3ccc(-c4cc(F)c(F)c(F)c4)c(F)c3)cc2)cc1. The van der Waals surface area contributed by atoms with Crippen LogP contribution in [-0.4, -0.2) is 0 Å². The van der Waals surface area contributed by atoms with Gasteiger partial charge in [-0.3, -0.25) is 0 Å². The molecule has 0 unspecified atom stereocenters. The summed E-state index contributed by atoms with van der Waals surface area (Å²) < 4.78 is 84.4. The Morgan fingerprint density at radius 1 is 0.571 bits per heavy atom. The van der Waals surface area contributed by atoms with Crippen molar-refractivity contribution in [3.8, 4) is 22.3 Å². The molecule has 0 aliphatic rings. The standard InChI is InChI=1S/C29H20F6/c1-2-3-17-4-6-18(7-5-17)19-8-10-20(11-9-19)27(33)28(34)21-12-13-23(24(30)14-21)22-15-25(31)29(35)26(32)16-22/h4-16H,2-3H2,1H3. The van der Waals surface area contributed by atoms with Gasteiger partial charge >= 0.3 is 0 Å². The highest BCUT2D eigenvalue weighted by molar-refractivity contribution is 5.84. The van der Waals surface area contributed by atoms with E-state index in [4.69, 9.17) is 0 Å². The van der Waals surface area contributed by atoms with E-state index in [-0.39, 0.29) is 22.3 Å². The first-order chi connectivity index (χ1) is 16.8. The smallest absolute Gasteiger partial charge is 0.194 e. The largest absolute Gasteiger partial charge is 0.206 e. The second-order valence-electron chi connectivity index (χ2n) is 8.10. The highest BCUT2D eigenvalue weighted by Crippen LogP contribution is 2.33. The zero-order chi connectivity index (χ0) is 25.1. The minimum absolute atomic E-state index is 0.0268. The molecule has 4 aromatic carbocycles. The number of hydrogen-bond donors (Lipinski definition) is 0. The fourth-order valence-corrected chi connectivity index (χ4v) is 3.81. The van der Waals surface area contributed by atoms with Crippen LogP contribution in [0.2, 0.25) is 0 Å². The van der Waals surface area contributed by atoms with Gasteiger partial charge in [-0.15, -0.1) is 0 Å². The second kappa shape index (κ2) is 10.2. The Morgan fingerprint density at radius 3 is 1.63 bits per heavy atom. The van der Waals surface area contributed by atoms with Crippen molar-refractivity contribution in [3.63, 3.8) is 0 Å². The molecule has 0 fully saturated rings. The molecule has 0 nitrogen and oxygen atoms in total. The average molecular weight is 482 g/mol. The number of halogens is 6. The number of benzene rings is 4. The number of rotatable bonds is 6. The van der Waals surface area contributed by atoms with Crippen molar-refractivity contribution in [1.29, 1.82) is 0 Å². The van der Waals surface area contributed by atoms with Gasteiger partial charge in [0.2, 0.25) is 0 Å². The van der Waals surface area contributed by atoms with E-state index in [1.807, 2.05) is 24.3 Å². The van der Waals surface area contributed by atoms with Crippen molar-refractivity contribution in [2.45, 2.75) is 19.8 Å². The molecule has 4 aromatic rings. The van der Waals surface area contributed by atoms with E-state index in [1.165, 1.54) is 17.7 Å². The van der Waals surface area contributed by atoms with Gasteiger partial charge < -0.3 is 0 Å². The lowest BCUT2D eigenvalue weighted by Gasteiger charge is -2.08. The van der Waals surface area contributed by atoms with Crippen LogP contribution in [0.25, 0.3) is 33.9 Å². The molecule has 0 radical (unpaired) electrons. The molecule has 0 spiro atoms. The molecule has 178 valence electrons. The Bertz CT molecular complexity index is 1360. The molecule has 0 saturated carbocycles. The summed E-state index contributed by atoms with van der Waals surface area (Å²) in [6, 6.07) is 18.3. The molecule has 0 aliphatic heterocycles. The van der Waals surface area contributed by atoms with Crippen LogP contribution in [-0.2, 0) is 6.42 Å². The molecular formula is C29H20F6. The average Bonchev–Trinajstić information content (AvgIpc) is 2.87. The van der Waals surface area contributed by atoms with E-state index in [0.29, 0.717) is 12.1 Å². The van der Waals surface area contributed by atoms with Crippen molar-refractivity contribution in [3.05, 3.63) is 119 Å². The van der Waals surface area contributed by atoms with Gasteiger partial charge in [-0.25, -0.2) is 26.3 Å². The van der Waals surface area contributed by atoms with E-state index < -0.39 is 34.9 Å². The summed E-state index contributed by atoms with van der Waals surface area (Å²) in [5.41, 5.74) is 2.02. The molecule has 0 amide bonds. The van der Waals surface area contributed by atoms with Crippen molar-refractivity contribution in [2.24, 2.45) is 0 Å². The quantitative estimate of drug-likeness (QED) is 0.146. The zero-order valence-corrected chi connectivity index (χ0v) is 18.7. The van der Waals surface area contributed by atoms with Crippen LogP contribution in [0.4, 0.5) is 26.3 Å². The fraction of sp³-hybridized carbons (Fsp3) is 0.103. The van der Waals surface area contributed by atoms with E-state index >= 15 is 0 Å². The Hall–Kier alpha value is -3.80. The summed E-state index contributed by atoms with van der Waals surface area (Å²) in [6.45, 7) is 2.10. The minimum atomic E-state index is -1.68. The first-order valence-electron chi connectivity index (χ1n) is 11.0. The van der Waals surface area contributed by atoms with Gasteiger partial charge in [0.05, 0.1) is 0 Å². The lowest BCUT2D eigenvalue weighted by Crippen LogP contribution is -1.94. The van der Waals surface area contributed by atoms with E-state index in [0.717, 1.165) is 42.2 Å². The molecule has 0 atom stereocenters. The molecule has 0 N–H and O–H groups in total. The van der Waals surface area contributed by atoms with E-state index in [2.05, 4.69) is 6.92 Å². The summed E-state index contributed by atoms with van der Waals surface area (Å²) in [6.07, 6.45) is 2.02. The minimum Gasteiger partial charge on any atom is -0.206 e. The summed E-state index contributed by atoms with van der Waals surface area (Å²) in [4.78, 5) is 0. The highest BCUT2D eigenvalue weighted by atomic mass is 19.2. The molecule has 4 rings (SSSR count). The van der Waals surface area contributed by atoms with Crippen molar-refractivity contribution < 1.29 is 26.3 Å². The van der Waals surface area contributed by atoms with Gasteiger partial charge in [-0.1, -0.05) is 74.0 Å². The highest BCUT2D eigenvalue weighted by Gasteiger charge is 2.17. The third-order valence-corrected chi connectivity index (χ3v) is 5.67. The fourth-order valence-electron chi connectivity index (χ4n) is 3.81. The third kappa shape index (κ3) is 5.16. The maximum absolute atomic E-state index is 14.8. The van der Waals surface area contributed by atoms with Crippen LogP contribution in [0, 0.1) is 23.3 Å². The van der Waals surface area contributed by atoms with E-state index in [1.54, 1.807) is 12.1 Å². The maximum Gasteiger partial charge on any atom is 0.194 e. The van der Waals surface area contributed by atoms with Crippen LogP contribution in [0.5, 0.6) is 0 Å². The van der Waals surface area contributed by atoms with Crippen LogP contribution in [0.15, 0.2) is 78.9 Å². The first kappa shape index (κ1) is 24.3. The molecule has 0 saturated heterocycles. The Balaban J connectivity index is 1.60. The van der Waals surface area contributed by atoms with Gasteiger partial charge in [0, 0.05) is 16.7 Å². The van der Waals surface area contributed by atoms with Crippen LogP contribution >= 0.6 is 0 Å². The molecule has 0 heterocycles. The summed E-state index contributed by atoms with van der Waals surface area (Å²) in [7, 11) is 0. The molecule has 0 aliphatic carbocycles. The van der Waals surface area contributed by atoms with Gasteiger partial charge in [-0.05, 0) is 46.9 Å². The van der Waals surface area contributed by atoms with Gasteiger partial charge in [0.15, 0.2) is 29.1 Å². The van der Waals surface area contributed by atoms with E-state index in [9.17, 15) is 26.3 Å². The predicted octanol–water partition coefficient (Wildman–Crippen LogP) is 9.29. The normalized spacial score (nSPS) is 12.0. The lowest BCUT2D eigenvalue weighted by atomic mass is 9.99. The van der Waals surface area contributed by atoms with Crippen molar-refractivity contribution >= 4 is 11.7 Å². The molecule has 35 heavy (non-hydrogen) atoms. The van der Waals surface area contributed by atoms with Crippen LogP contribution < -0.4 is 0 Å². The first-order valence-corrected chi connectivity index (χ1v) is 11.0.